The summed E-state index contributed by atoms with van der Waals surface area (Å²) in [5, 5.41) is 4.11. The zero-order valence-corrected chi connectivity index (χ0v) is 12.9. The number of hydrogen-bond acceptors (Lipinski definition) is 5. The third-order valence-electron chi connectivity index (χ3n) is 3.91. The Morgan fingerprint density at radius 3 is 2.86 bits per heavy atom. The van der Waals surface area contributed by atoms with E-state index in [1.54, 1.807) is 6.20 Å². The van der Waals surface area contributed by atoms with Crippen LogP contribution < -0.4 is 5.73 Å². The average molecular weight is 288 g/mol. The third kappa shape index (κ3) is 4.11. The Labute approximate surface area is 126 Å². The molecule has 1 unspecified atom stereocenters. The lowest BCUT2D eigenvalue weighted by Crippen LogP contribution is -2.09. The zero-order valence-electron chi connectivity index (χ0n) is 12.9. The minimum absolute atomic E-state index is 0.637. The van der Waals surface area contributed by atoms with Crippen molar-refractivity contribution in [3.05, 3.63) is 29.9 Å². The van der Waals surface area contributed by atoms with Gasteiger partial charge in [0, 0.05) is 24.4 Å². The number of hydrogen-bond donors (Lipinski definition) is 1. The molecule has 5 nitrogen and oxygen atoms in total. The predicted octanol–water partition coefficient (Wildman–Crippen LogP) is 3.00. The van der Waals surface area contributed by atoms with Crippen molar-refractivity contribution in [3.8, 4) is 11.4 Å². The summed E-state index contributed by atoms with van der Waals surface area (Å²) in [5.74, 6) is 2.01. The van der Waals surface area contributed by atoms with Crippen LogP contribution in [0.2, 0.25) is 0 Å². The van der Waals surface area contributed by atoms with Crippen molar-refractivity contribution >= 4 is 0 Å². The molecule has 2 aromatic heterocycles. The Bertz CT molecular complexity index is 553. The number of aromatic nitrogens is 3. The number of nitrogens with zero attached hydrogens (tertiary/aromatic N) is 3. The van der Waals surface area contributed by atoms with E-state index >= 15 is 0 Å². The Hall–Kier alpha value is -1.75. The standard InChI is InChI=1S/C16H24N4O/c1-3-12(7-9-17)5-6-15-19-16(20-21-15)14-8-10-18-11-13(14)4-2/h8,10-12H,3-7,9,17H2,1-2H3. The molecule has 2 heterocycles. The monoisotopic (exact) mass is 288 g/mol. The van der Waals surface area contributed by atoms with E-state index in [2.05, 4.69) is 29.0 Å². The van der Waals surface area contributed by atoms with Gasteiger partial charge in [0.2, 0.25) is 11.7 Å². The number of rotatable bonds is 8. The second-order valence-corrected chi connectivity index (χ2v) is 5.29. The van der Waals surface area contributed by atoms with E-state index in [-0.39, 0.29) is 0 Å². The topological polar surface area (TPSA) is 77.8 Å². The minimum Gasteiger partial charge on any atom is -0.339 e. The normalized spacial score (nSPS) is 12.5. The van der Waals surface area contributed by atoms with Gasteiger partial charge < -0.3 is 10.3 Å². The van der Waals surface area contributed by atoms with E-state index in [0.717, 1.165) is 49.8 Å². The second-order valence-electron chi connectivity index (χ2n) is 5.29. The number of nitrogens with two attached hydrogens (primary N) is 1. The molecule has 0 aliphatic rings. The number of pyridine rings is 1. The van der Waals surface area contributed by atoms with E-state index < -0.39 is 0 Å². The quantitative estimate of drug-likeness (QED) is 0.808. The first-order valence-corrected chi connectivity index (χ1v) is 7.74. The highest BCUT2D eigenvalue weighted by atomic mass is 16.5. The molecule has 0 saturated carbocycles. The molecule has 1 atom stereocenters. The highest BCUT2D eigenvalue weighted by molar-refractivity contribution is 5.58. The molecular formula is C16H24N4O. The third-order valence-corrected chi connectivity index (χ3v) is 3.91. The van der Waals surface area contributed by atoms with Gasteiger partial charge in [-0.25, -0.2) is 0 Å². The maximum absolute atomic E-state index is 5.63. The largest absolute Gasteiger partial charge is 0.339 e. The van der Waals surface area contributed by atoms with Crippen LogP contribution in [0.1, 0.15) is 44.6 Å². The SMILES string of the molecule is CCc1cnccc1-c1noc(CCC(CC)CCN)n1. The molecule has 0 aliphatic heterocycles. The summed E-state index contributed by atoms with van der Waals surface area (Å²) in [5.41, 5.74) is 7.78. The lowest BCUT2D eigenvalue weighted by atomic mass is 9.97. The molecular weight excluding hydrogens is 264 g/mol. The van der Waals surface area contributed by atoms with E-state index in [9.17, 15) is 0 Å². The first kappa shape index (κ1) is 15.6. The van der Waals surface area contributed by atoms with Gasteiger partial charge in [-0.05, 0) is 43.4 Å². The second kappa shape index (κ2) is 7.88. The van der Waals surface area contributed by atoms with Crippen LogP contribution in [0.3, 0.4) is 0 Å². The van der Waals surface area contributed by atoms with Crippen LogP contribution in [0.5, 0.6) is 0 Å². The van der Waals surface area contributed by atoms with E-state index in [1.165, 1.54) is 0 Å². The molecule has 0 spiro atoms. The highest BCUT2D eigenvalue weighted by Gasteiger charge is 2.13. The Kier molecular flexibility index (Phi) is 5.87. The van der Waals surface area contributed by atoms with Crippen LogP contribution in [0.4, 0.5) is 0 Å². The van der Waals surface area contributed by atoms with Crippen LogP contribution in [-0.2, 0) is 12.8 Å². The van der Waals surface area contributed by atoms with E-state index in [1.807, 2.05) is 12.3 Å². The molecule has 2 N–H and O–H groups in total. The van der Waals surface area contributed by atoms with E-state index in [4.69, 9.17) is 10.3 Å². The summed E-state index contributed by atoms with van der Waals surface area (Å²) in [4.78, 5) is 8.66. The predicted molar refractivity (Wildman–Crippen MR) is 82.7 cm³/mol. The van der Waals surface area contributed by atoms with Crippen LogP contribution in [-0.4, -0.2) is 21.7 Å². The Morgan fingerprint density at radius 1 is 1.29 bits per heavy atom. The summed E-state index contributed by atoms with van der Waals surface area (Å²) in [6.07, 6.45) is 8.59. The molecule has 0 aliphatic carbocycles. The van der Waals surface area contributed by atoms with Crippen molar-refractivity contribution in [2.45, 2.75) is 46.0 Å². The van der Waals surface area contributed by atoms with Gasteiger partial charge >= 0.3 is 0 Å². The van der Waals surface area contributed by atoms with Crippen molar-refractivity contribution < 1.29 is 4.52 Å². The van der Waals surface area contributed by atoms with E-state index in [0.29, 0.717) is 17.6 Å². The van der Waals surface area contributed by atoms with Crippen molar-refractivity contribution in [1.29, 1.82) is 0 Å². The first-order chi connectivity index (χ1) is 10.3. The summed E-state index contributed by atoms with van der Waals surface area (Å²) in [6.45, 7) is 5.04. The van der Waals surface area contributed by atoms with Gasteiger partial charge in [-0.2, -0.15) is 4.98 Å². The zero-order chi connectivity index (χ0) is 15.1. The maximum Gasteiger partial charge on any atom is 0.226 e. The fraction of sp³-hybridized carbons (Fsp3) is 0.562. The van der Waals surface area contributed by atoms with Crippen molar-refractivity contribution in [2.24, 2.45) is 11.7 Å². The maximum atomic E-state index is 5.63. The van der Waals surface area contributed by atoms with Gasteiger partial charge in [0.1, 0.15) is 0 Å². The lowest BCUT2D eigenvalue weighted by molar-refractivity contribution is 0.354. The van der Waals surface area contributed by atoms with Crippen molar-refractivity contribution in [3.63, 3.8) is 0 Å². The molecule has 0 saturated heterocycles. The van der Waals surface area contributed by atoms with Gasteiger partial charge in [-0.1, -0.05) is 25.4 Å². The van der Waals surface area contributed by atoms with Crippen LogP contribution in [0, 0.1) is 5.92 Å². The van der Waals surface area contributed by atoms with Crippen LogP contribution in [0.15, 0.2) is 23.0 Å². The summed E-state index contributed by atoms with van der Waals surface area (Å²) in [7, 11) is 0. The molecule has 21 heavy (non-hydrogen) atoms. The molecule has 0 aromatic carbocycles. The molecule has 0 fully saturated rings. The fourth-order valence-electron chi connectivity index (χ4n) is 2.51. The van der Waals surface area contributed by atoms with Crippen molar-refractivity contribution in [1.82, 2.24) is 15.1 Å². The molecule has 2 rings (SSSR count). The Morgan fingerprint density at radius 2 is 2.14 bits per heavy atom. The molecule has 0 radical (unpaired) electrons. The van der Waals surface area contributed by atoms with Gasteiger partial charge in [0.05, 0.1) is 0 Å². The summed E-state index contributed by atoms with van der Waals surface area (Å²) in [6, 6.07) is 1.94. The van der Waals surface area contributed by atoms with Gasteiger partial charge in [0.15, 0.2) is 0 Å². The molecule has 114 valence electrons. The van der Waals surface area contributed by atoms with Crippen molar-refractivity contribution in [2.75, 3.05) is 6.54 Å². The van der Waals surface area contributed by atoms with Gasteiger partial charge in [0.25, 0.3) is 0 Å². The first-order valence-electron chi connectivity index (χ1n) is 7.74. The number of aryl methyl sites for hydroxylation is 2. The molecule has 5 heteroatoms. The summed E-state index contributed by atoms with van der Waals surface area (Å²) < 4.78 is 5.38. The average Bonchev–Trinajstić information content (AvgIpc) is 3.00. The van der Waals surface area contributed by atoms with Crippen LogP contribution >= 0.6 is 0 Å². The lowest BCUT2D eigenvalue weighted by Gasteiger charge is -2.11. The highest BCUT2D eigenvalue weighted by Crippen LogP contribution is 2.21. The Balaban J connectivity index is 2.04. The molecule has 0 bridgehead atoms. The summed E-state index contributed by atoms with van der Waals surface area (Å²) >= 11 is 0. The van der Waals surface area contributed by atoms with Gasteiger partial charge in [-0.15, -0.1) is 0 Å². The molecule has 0 amide bonds. The minimum atomic E-state index is 0.637. The van der Waals surface area contributed by atoms with Gasteiger partial charge in [-0.3, -0.25) is 4.98 Å². The fourth-order valence-corrected chi connectivity index (χ4v) is 2.51. The smallest absolute Gasteiger partial charge is 0.226 e. The van der Waals surface area contributed by atoms with Crippen LogP contribution in [0.25, 0.3) is 11.4 Å². The molecule has 2 aromatic rings.